The molecule has 0 aliphatic rings. The molecule has 0 atom stereocenters. The first-order valence-electron chi connectivity index (χ1n) is 5.49. The van der Waals surface area contributed by atoms with Crippen molar-refractivity contribution in [2.45, 2.75) is 0 Å². The molecular weight excluding hydrogens is 245 g/mol. The van der Waals surface area contributed by atoms with Gasteiger partial charge in [-0.3, -0.25) is 4.57 Å². The zero-order valence-corrected chi connectivity index (χ0v) is 9.71. The zero-order valence-electron chi connectivity index (χ0n) is 9.71. The first kappa shape index (κ1) is 11.2. The summed E-state index contributed by atoms with van der Waals surface area (Å²) in [7, 11) is 0. The number of halogens is 1. The van der Waals surface area contributed by atoms with Crippen LogP contribution < -0.4 is 5.73 Å². The molecule has 3 aromatic rings. The first-order valence-corrected chi connectivity index (χ1v) is 5.49. The van der Waals surface area contributed by atoms with E-state index in [0.29, 0.717) is 16.9 Å². The third kappa shape index (κ3) is 1.68. The molecule has 2 N–H and O–H groups in total. The quantitative estimate of drug-likeness (QED) is 0.719. The lowest BCUT2D eigenvalue weighted by Gasteiger charge is -2.06. The molecular formula is C13H8FN5. The lowest BCUT2D eigenvalue weighted by Crippen LogP contribution is -2.02. The average molecular weight is 253 g/mol. The average Bonchev–Trinajstić information content (AvgIpc) is 2.75. The minimum Gasteiger partial charge on any atom is -0.369 e. The van der Waals surface area contributed by atoms with Crippen LogP contribution in [-0.4, -0.2) is 14.5 Å². The molecule has 1 aromatic carbocycles. The van der Waals surface area contributed by atoms with E-state index in [-0.39, 0.29) is 11.5 Å². The van der Waals surface area contributed by atoms with Crippen LogP contribution in [-0.2, 0) is 0 Å². The fraction of sp³-hybridized carbons (Fsp3) is 0. The van der Waals surface area contributed by atoms with E-state index in [4.69, 9.17) is 11.0 Å². The summed E-state index contributed by atoms with van der Waals surface area (Å²) in [5.74, 6) is -0.327. The van der Waals surface area contributed by atoms with Crippen molar-refractivity contribution >= 4 is 17.1 Å². The van der Waals surface area contributed by atoms with Gasteiger partial charge < -0.3 is 5.73 Å². The molecule has 0 fully saturated rings. The monoisotopic (exact) mass is 253 g/mol. The molecule has 0 unspecified atom stereocenters. The molecule has 5 nitrogen and oxygen atoms in total. The molecule has 0 amide bonds. The second-order valence-electron chi connectivity index (χ2n) is 3.93. The van der Waals surface area contributed by atoms with E-state index in [2.05, 4.69) is 9.97 Å². The second-order valence-corrected chi connectivity index (χ2v) is 3.93. The summed E-state index contributed by atoms with van der Waals surface area (Å²) in [6.07, 6.45) is 1.62. The number of fused-ring (bicyclic) bond motifs is 1. The van der Waals surface area contributed by atoms with E-state index in [1.165, 1.54) is 18.2 Å². The number of pyridine rings is 1. The van der Waals surface area contributed by atoms with E-state index in [9.17, 15) is 4.39 Å². The normalized spacial score (nSPS) is 10.5. The van der Waals surface area contributed by atoms with Crippen LogP contribution >= 0.6 is 0 Å². The number of anilines is 1. The van der Waals surface area contributed by atoms with Crippen molar-refractivity contribution in [3.8, 4) is 11.8 Å². The minimum atomic E-state index is -0.567. The molecule has 3 rings (SSSR count). The summed E-state index contributed by atoms with van der Waals surface area (Å²) in [4.78, 5) is 8.37. The Bertz CT molecular complexity index is 816. The number of hydrogen-bond donors (Lipinski definition) is 1. The van der Waals surface area contributed by atoms with Gasteiger partial charge in [-0.05, 0) is 30.3 Å². The molecule has 0 spiro atoms. The Morgan fingerprint density at radius 3 is 2.95 bits per heavy atom. The fourth-order valence-corrected chi connectivity index (χ4v) is 1.92. The van der Waals surface area contributed by atoms with Crippen LogP contribution in [0.2, 0.25) is 0 Å². The summed E-state index contributed by atoms with van der Waals surface area (Å²) in [5.41, 5.74) is 7.56. The molecule has 2 aromatic heterocycles. The van der Waals surface area contributed by atoms with Crippen LogP contribution in [0.1, 0.15) is 5.56 Å². The Morgan fingerprint density at radius 1 is 1.32 bits per heavy atom. The van der Waals surface area contributed by atoms with Gasteiger partial charge in [0.1, 0.15) is 17.4 Å². The predicted molar refractivity (Wildman–Crippen MR) is 68.0 cm³/mol. The zero-order chi connectivity index (χ0) is 13.4. The van der Waals surface area contributed by atoms with E-state index in [1.807, 2.05) is 0 Å². The highest BCUT2D eigenvalue weighted by Gasteiger charge is 2.12. The first-order chi connectivity index (χ1) is 9.20. The highest BCUT2D eigenvalue weighted by Crippen LogP contribution is 2.22. The van der Waals surface area contributed by atoms with E-state index in [1.54, 1.807) is 29.0 Å². The van der Waals surface area contributed by atoms with Crippen LogP contribution in [0.3, 0.4) is 0 Å². The number of benzene rings is 1. The number of aromatic nitrogens is 3. The largest absolute Gasteiger partial charge is 0.369 e. The number of nitrogens with two attached hydrogens (primary N) is 1. The van der Waals surface area contributed by atoms with Crippen molar-refractivity contribution in [1.29, 1.82) is 5.26 Å². The fourth-order valence-electron chi connectivity index (χ4n) is 1.92. The van der Waals surface area contributed by atoms with Gasteiger partial charge in [0.2, 0.25) is 5.95 Å². The van der Waals surface area contributed by atoms with Gasteiger partial charge in [0.05, 0.1) is 11.3 Å². The maximum Gasteiger partial charge on any atom is 0.207 e. The molecule has 0 saturated heterocycles. The molecule has 6 heteroatoms. The van der Waals surface area contributed by atoms with Gasteiger partial charge in [-0.25, -0.2) is 14.4 Å². The van der Waals surface area contributed by atoms with Gasteiger partial charge in [-0.2, -0.15) is 5.26 Å². The highest BCUT2D eigenvalue weighted by atomic mass is 19.1. The summed E-state index contributed by atoms with van der Waals surface area (Å²) in [5, 5.41) is 8.86. The minimum absolute atomic E-state index is 0.0466. The van der Waals surface area contributed by atoms with Crippen molar-refractivity contribution < 1.29 is 4.39 Å². The second kappa shape index (κ2) is 4.07. The van der Waals surface area contributed by atoms with Crippen molar-refractivity contribution in [3.05, 3.63) is 47.9 Å². The Morgan fingerprint density at radius 2 is 2.16 bits per heavy atom. The van der Waals surface area contributed by atoms with Gasteiger partial charge in [-0.15, -0.1) is 0 Å². The Balaban J connectivity index is 2.31. The molecule has 0 saturated carbocycles. The SMILES string of the molecule is N#Cc1cc(-n2c(N)nc3cccnc32)ccc1F. The Kier molecular flexibility index (Phi) is 2.39. The summed E-state index contributed by atoms with van der Waals surface area (Å²) < 4.78 is 14.9. The molecule has 0 radical (unpaired) electrons. The van der Waals surface area contributed by atoms with Crippen molar-refractivity contribution in [2.24, 2.45) is 0 Å². The molecule has 0 aliphatic carbocycles. The van der Waals surface area contributed by atoms with Crippen molar-refractivity contribution in [3.63, 3.8) is 0 Å². The Labute approximate surface area is 107 Å². The van der Waals surface area contributed by atoms with Crippen LogP contribution in [0.5, 0.6) is 0 Å². The van der Waals surface area contributed by atoms with Crippen LogP contribution in [0.25, 0.3) is 16.9 Å². The number of nitrogen functional groups attached to an aromatic ring is 1. The molecule has 92 valence electrons. The molecule has 2 heterocycles. The van der Waals surface area contributed by atoms with Gasteiger partial charge >= 0.3 is 0 Å². The lowest BCUT2D eigenvalue weighted by atomic mass is 10.2. The Hall–Kier alpha value is -2.94. The van der Waals surface area contributed by atoms with Crippen molar-refractivity contribution in [2.75, 3.05) is 5.73 Å². The number of imidazole rings is 1. The maximum absolute atomic E-state index is 13.3. The van der Waals surface area contributed by atoms with Gasteiger partial charge in [0, 0.05) is 6.20 Å². The van der Waals surface area contributed by atoms with E-state index in [0.717, 1.165) is 0 Å². The third-order valence-corrected chi connectivity index (χ3v) is 2.77. The number of rotatable bonds is 1. The van der Waals surface area contributed by atoms with E-state index < -0.39 is 5.82 Å². The molecule has 0 aliphatic heterocycles. The number of hydrogen-bond acceptors (Lipinski definition) is 4. The topological polar surface area (TPSA) is 80.5 Å². The van der Waals surface area contributed by atoms with Crippen molar-refractivity contribution in [1.82, 2.24) is 14.5 Å². The lowest BCUT2D eigenvalue weighted by molar-refractivity contribution is 0.623. The third-order valence-electron chi connectivity index (χ3n) is 2.77. The van der Waals surface area contributed by atoms with Gasteiger partial charge in [-0.1, -0.05) is 0 Å². The molecule has 0 bridgehead atoms. The van der Waals surface area contributed by atoms with Crippen LogP contribution in [0, 0.1) is 17.1 Å². The predicted octanol–water partition coefficient (Wildman–Crippen LogP) is 2.01. The smallest absolute Gasteiger partial charge is 0.207 e. The van der Waals surface area contributed by atoms with Crippen LogP contribution in [0.4, 0.5) is 10.3 Å². The molecule has 19 heavy (non-hydrogen) atoms. The number of nitrogens with zero attached hydrogens (tertiary/aromatic N) is 4. The van der Waals surface area contributed by atoms with Gasteiger partial charge in [0.15, 0.2) is 5.65 Å². The van der Waals surface area contributed by atoms with Gasteiger partial charge in [0.25, 0.3) is 0 Å². The summed E-state index contributed by atoms with van der Waals surface area (Å²) in [6, 6.07) is 9.50. The number of nitriles is 1. The van der Waals surface area contributed by atoms with Crippen LogP contribution in [0.15, 0.2) is 36.5 Å². The van der Waals surface area contributed by atoms with E-state index >= 15 is 0 Å². The summed E-state index contributed by atoms with van der Waals surface area (Å²) >= 11 is 0. The highest BCUT2D eigenvalue weighted by molar-refractivity contribution is 5.76. The maximum atomic E-state index is 13.3. The standard InChI is InChI=1S/C13H8FN5/c14-10-4-3-9(6-8(10)7-15)19-12-11(18-13(19)16)2-1-5-17-12/h1-6H,(H2,16,18). The summed E-state index contributed by atoms with van der Waals surface area (Å²) in [6.45, 7) is 0.